The standard InChI is InChI=1S/C23H46/c1-8-11-13-14-16-21(5)22(19-23(6,7)10-3)18-17-20(4)15-12-9-2/h8,20-22H,1,9-19H2,2-7H3. The monoisotopic (exact) mass is 322 g/mol. The summed E-state index contributed by atoms with van der Waals surface area (Å²) in [7, 11) is 0. The topological polar surface area (TPSA) is 0 Å². The maximum Gasteiger partial charge on any atom is -0.0353 e. The second-order valence-electron chi connectivity index (χ2n) is 8.86. The van der Waals surface area contributed by atoms with Crippen molar-refractivity contribution >= 4 is 0 Å². The molecule has 0 bridgehead atoms. The van der Waals surface area contributed by atoms with Crippen LogP contribution in [0.5, 0.6) is 0 Å². The van der Waals surface area contributed by atoms with Gasteiger partial charge < -0.3 is 0 Å². The van der Waals surface area contributed by atoms with Crippen molar-refractivity contribution in [1.29, 1.82) is 0 Å². The molecule has 0 aromatic rings. The van der Waals surface area contributed by atoms with E-state index in [1.54, 1.807) is 0 Å². The molecule has 0 spiro atoms. The van der Waals surface area contributed by atoms with Gasteiger partial charge in [0.2, 0.25) is 0 Å². The predicted molar refractivity (Wildman–Crippen MR) is 108 cm³/mol. The molecule has 0 saturated carbocycles. The fourth-order valence-corrected chi connectivity index (χ4v) is 3.63. The summed E-state index contributed by atoms with van der Waals surface area (Å²) in [5.74, 6) is 2.71. The zero-order valence-corrected chi connectivity index (χ0v) is 17.3. The van der Waals surface area contributed by atoms with E-state index >= 15 is 0 Å². The van der Waals surface area contributed by atoms with Crippen LogP contribution >= 0.6 is 0 Å². The van der Waals surface area contributed by atoms with Crippen molar-refractivity contribution < 1.29 is 0 Å². The van der Waals surface area contributed by atoms with Gasteiger partial charge in [-0.2, -0.15) is 0 Å². The van der Waals surface area contributed by atoms with Crippen LogP contribution in [0.3, 0.4) is 0 Å². The fraction of sp³-hybridized carbons (Fsp3) is 0.913. The van der Waals surface area contributed by atoms with Crippen molar-refractivity contribution in [1.82, 2.24) is 0 Å². The first-order valence-corrected chi connectivity index (χ1v) is 10.5. The Kier molecular flexibility index (Phi) is 12.9. The van der Waals surface area contributed by atoms with E-state index in [1.165, 1.54) is 70.6 Å². The molecule has 0 heterocycles. The predicted octanol–water partition coefficient (Wildman–Crippen LogP) is 8.42. The summed E-state index contributed by atoms with van der Waals surface area (Å²) in [4.78, 5) is 0. The molecular weight excluding hydrogens is 276 g/mol. The average Bonchev–Trinajstić information content (AvgIpc) is 2.53. The van der Waals surface area contributed by atoms with Crippen LogP contribution < -0.4 is 0 Å². The first-order chi connectivity index (χ1) is 10.9. The van der Waals surface area contributed by atoms with Gasteiger partial charge in [-0.3, -0.25) is 0 Å². The van der Waals surface area contributed by atoms with Crippen LogP contribution in [0.1, 0.15) is 112 Å². The molecule has 23 heavy (non-hydrogen) atoms. The highest BCUT2D eigenvalue weighted by Gasteiger charge is 2.25. The Morgan fingerprint density at radius 2 is 1.61 bits per heavy atom. The molecule has 0 rings (SSSR count). The van der Waals surface area contributed by atoms with Crippen LogP contribution in [0.2, 0.25) is 0 Å². The minimum absolute atomic E-state index is 0.507. The Morgan fingerprint density at radius 1 is 0.913 bits per heavy atom. The quantitative estimate of drug-likeness (QED) is 0.210. The Hall–Kier alpha value is -0.260. The van der Waals surface area contributed by atoms with Crippen LogP contribution in [0.4, 0.5) is 0 Å². The van der Waals surface area contributed by atoms with E-state index < -0.39 is 0 Å². The van der Waals surface area contributed by atoms with E-state index in [4.69, 9.17) is 0 Å². The van der Waals surface area contributed by atoms with Crippen LogP contribution in [-0.4, -0.2) is 0 Å². The molecule has 0 aromatic carbocycles. The zero-order valence-electron chi connectivity index (χ0n) is 17.3. The van der Waals surface area contributed by atoms with Gasteiger partial charge in [0.15, 0.2) is 0 Å². The highest BCUT2D eigenvalue weighted by molar-refractivity contribution is 4.77. The van der Waals surface area contributed by atoms with Crippen molar-refractivity contribution in [2.45, 2.75) is 112 Å². The van der Waals surface area contributed by atoms with Gasteiger partial charge in [-0.15, -0.1) is 6.58 Å². The number of unbranched alkanes of at least 4 members (excludes halogenated alkanes) is 3. The first-order valence-electron chi connectivity index (χ1n) is 10.5. The minimum Gasteiger partial charge on any atom is -0.103 e. The van der Waals surface area contributed by atoms with Crippen LogP contribution in [-0.2, 0) is 0 Å². The van der Waals surface area contributed by atoms with Crippen molar-refractivity contribution in [2.24, 2.45) is 23.2 Å². The van der Waals surface area contributed by atoms with E-state index in [-0.39, 0.29) is 0 Å². The minimum atomic E-state index is 0.507. The van der Waals surface area contributed by atoms with E-state index in [0.717, 1.165) is 17.8 Å². The molecule has 0 saturated heterocycles. The maximum absolute atomic E-state index is 3.85. The van der Waals surface area contributed by atoms with E-state index in [9.17, 15) is 0 Å². The molecule has 0 aromatic heterocycles. The van der Waals surface area contributed by atoms with Crippen molar-refractivity contribution in [2.75, 3.05) is 0 Å². The Labute approximate surface area is 148 Å². The molecule has 0 aliphatic rings. The van der Waals surface area contributed by atoms with Gasteiger partial charge in [0.1, 0.15) is 0 Å². The molecule has 0 amide bonds. The Bertz CT molecular complexity index is 276. The summed E-state index contributed by atoms with van der Waals surface area (Å²) >= 11 is 0. The Morgan fingerprint density at radius 3 is 2.17 bits per heavy atom. The third kappa shape index (κ3) is 11.8. The third-order valence-electron chi connectivity index (χ3n) is 5.98. The van der Waals surface area contributed by atoms with Gasteiger partial charge in [0, 0.05) is 0 Å². The zero-order chi connectivity index (χ0) is 17.7. The fourth-order valence-electron chi connectivity index (χ4n) is 3.63. The van der Waals surface area contributed by atoms with Crippen LogP contribution in [0.25, 0.3) is 0 Å². The molecule has 0 fully saturated rings. The molecule has 0 aliphatic carbocycles. The smallest absolute Gasteiger partial charge is 0.0353 e. The normalized spacial score (nSPS) is 16.1. The Balaban J connectivity index is 4.45. The van der Waals surface area contributed by atoms with E-state index in [0.29, 0.717) is 5.41 Å². The lowest BCUT2D eigenvalue weighted by atomic mass is 9.73. The molecule has 0 heteroatoms. The van der Waals surface area contributed by atoms with Crippen LogP contribution in [0, 0.1) is 23.2 Å². The lowest BCUT2D eigenvalue weighted by molar-refractivity contribution is 0.181. The summed E-state index contributed by atoms with van der Waals surface area (Å²) in [6.07, 6.45) is 17.1. The summed E-state index contributed by atoms with van der Waals surface area (Å²) in [5.41, 5.74) is 0.507. The highest BCUT2D eigenvalue weighted by Crippen LogP contribution is 2.37. The van der Waals surface area contributed by atoms with Gasteiger partial charge in [0.25, 0.3) is 0 Å². The lowest BCUT2D eigenvalue weighted by Crippen LogP contribution is -2.22. The largest absolute Gasteiger partial charge is 0.103 e. The maximum atomic E-state index is 3.85. The SMILES string of the molecule is C=CCCCCC(C)C(CCC(C)CCCC)CC(C)(C)CC. The molecule has 3 atom stereocenters. The van der Waals surface area contributed by atoms with E-state index in [1.807, 2.05) is 0 Å². The molecule has 0 radical (unpaired) electrons. The van der Waals surface area contributed by atoms with Crippen molar-refractivity contribution in [3.63, 3.8) is 0 Å². The number of hydrogen-bond acceptors (Lipinski definition) is 0. The molecule has 138 valence electrons. The second kappa shape index (κ2) is 13.1. The highest BCUT2D eigenvalue weighted by atomic mass is 14.3. The molecule has 0 nitrogen and oxygen atoms in total. The van der Waals surface area contributed by atoms with Crippen molar-refractivity contribution in [3.8, 4) is 0 Å². The third-order valence-corrected chi connectivity index (χ3v) is 5.98. The average molecular weight is 323 g/mol. The van der Waals surface area contributed by atoms with Gasteiger partial charge >= 0.3 is 0 Å². The van der Waals surface area contributed by atoms with E-state index in [2.05, 4.69) is 54.2 Å². The summed E-state index contributed by atoms with van der Waals surface area (Å²) < 4.78 is 0. The molecular formula is C23H46. The number of hydrogen-bond donors (Lipinski definition) is 0. The number of rotatable bonds is 15. The summed E-state index contributed by atoms with van der Waals surface area (Å²) in [5, 5.41) is 0. The first kappa shape index (κ1) is 22.7. The van der Waals surface area contributed by atoms with Crippen LogP contribution in [0.15, 0.2) is 12.7 Å². The van der Waals surface area contributed by atoms with Gasteiger partial charge in [-0.05, 0) is 48.9 Å². The van der Waals surface area contributed by atoms with Gasteiger partial charge in [-0.25, -0.2) is 0 Å². The molecule has 0 aliphatic heterocycles. The lowest BCUT2D eigenvalue weighted by Gasteiger charge is -2.33. The molecule has 3 unspecified atom stereocenters. The van der Waals surface area contributed by atoms with Crippen molar-refractivity contribution in [3.05, 3.63) is 12.7 Å². The van der Waals surface area contributed by atoms with Gasteiger partial charge in [-0.1, -0.05) is 92.6 Å². The number of allylic oxidation sites excluding steroid dienone is 1. The van der Waals surface area contributed by atoms with Gasteiger partial charge in [0.05, 0.1) is 0 Å². The summed E-state index contributed by atoms with van der Waals surface area (Å²) in [6.45, 7) is 18.4. The summed E-state index contributed by atoms with van der Waals surface area (Å²) in [6, 6.07) is 0. The molecule has 0 N–H and O–H groups in total. The second-order valence-corrected chi connectivity index (χ2v) is 8.86.